The fraction of sp³-hybridized carbons (Fsp3) is 0.458. The SMILES string of the molecule is CC(=O)NC[C@@H]1CO[C@@H]([C@@H]2CC(c3cc(C(=O)NCc4ccc(F)c(C)c4)nc(C)n3)=NO2)CO1. The first-order chi connectivity index (χ1) is 16.8. The van der Waals surface area contributed by atoms with Crippen molar-refractivity contribution in [3.63, 3.8) is 0 Å². The summed E-state index contributed by atoms with van der Waals surface area (Å²) in [6, 6.07) is 6.27. The van der Waals surface area contributed by atoms with Crippen molar-refractivity contribution < 1.29 is 28.3 Å². The first-order valence-electron chi connectivity index (χ1n) is 11.4. The Morgan fingerprint density at radius 3 is 2.63 bits per heavy atom. The summed E-state index contributed by atoms with van der Waals surface area (Å²) in [5.74, 6) is -0.353. The monoisotopic (exact) mass is 485 g/mol. The number of benzene rings is 1. The Hall–Kier alpha value is -3.44. The second kappa shape index (κ2) is 10.9. The highest BCUT2D eigenvalue weighted by Gasteiger charge is 2.35. The highest BCUT2D eigenvalue weighted by molar-refractivity contribution is 6.02. The van der Waals surface area contributed by atoms with E-state index in [1.54, 1.807) is 32.0 Å². The molecule has 2 aliphatic heterocycles. The summed E-state index contributed by atoms with van der Waals surface area (Å²) in [5.41, 5.74) is 2.60. The van der Waals surface area contributed by atoms with E-state index in [2.05, 4.69) is 25.8 Å². The van der Waals surface area contributed by atoms with Gasteiger partial charge in [0.2, 0.25) is 5.91 Å². The van der Waals surface area contributed by atoms with Gasteiger partial charge in [0, 0.05) is 26.4 Å². The summed E-state index contributed by atoms with van der Waals surface area (Å²) in [5, 5.41) is 9.68. The first kappa shape index (κ1) is 24.7. The molecule has 0 aliphatic carbocycles. The van der Waals surface area contributed by atoms with Gasteiger partial charge in [-0.2, -0.15) is 0 Å². The van der Waals surface area contributed by atoms with Crippen LogP contribution in [0.1, 0.15) is 46.5 Å². The molecule has 2 N–H and O–H groups in total. The van der Waals surface area contributed by atoms with Crippen LogP contribution < -0.4 is 10.6 Å². The number of rotatable bonds is 7. The number of ether oxygens (including phenoxy) is 2. The molecule has 2 aliphatic rings. The van der Waals surface area contributed by atoms with Gasteiger partial charge in [0.25, 0.3) is 5.91 Å². The van der Waals surface area contributed by atoms with Gasteiger partial charge in [-0.25, -0.2) is 14.4 Å². The number of nitrogens with one attached hydrogen (secondary N) is 2. The van der Waals surface area contributed by atoms with Crippen LogP contribution in [0.15, 0.2) is 29.4 Å². The molecule has 0 bridgehead atoms. The number of amides is 2. The number of carbonyl (C=O) groups excluding carboxylic acids is 2. The lowest BCUT2D eigenvalue weighted by Crippen LogP contribution is -2.46. The molecule has 1 aromatic carbocycles. The standard InChI is InChI=1S/C24H28FN5O5/c1-13-6-16(4-5-18(13)25)9-27-24(32)21-7-19(28-14(2)29-21)20-8-22(35-30-20)23-12-33-17(11-34-23)10-26-15(3)31/h4-7,17,22-23H,8-12H2,1-3H3,(H,26,31)(H,27,32)/t17-,22+,23-/m1/s1. The molecule has 35 heavy (non-hydrogen) atoms. The van der Waals surface area contributed by atoms with Gasteiger partial charge < -0.3 is 24.9 Å². The molecule has 0 radical (unpaired) electrons. The average molecular weight is 486 g/mol. The second-order valence-electron chi connectivity index (χ2n) is 8.60. The van der Waals surface area contributed by atoms with Gasteiger partial charge in [-0.15, -0.1) is 0 Å². The number of hydrogen-bond donors (Lipinski definition) is 2. The van der Waals surface area contributed by atoms with E-state index in [-0.39, 0.29) is 48.2 Å². The quantitative estimate of drug-likeness (QED) is 0.610. The zero-order valence-electron chi connectivity index (χ0n) is 19.8. The molecule has 1 saturated heterocycles. The first-order valence-corrected chi connectivity index (χ1v) is 11.4. The molecule has 3 atom stereocenters. The molecule has 3 heterocycles. The van der Waals surface area contributed by atoms with Crippen molar-refractivity contribution in [2.75, 3.05) is 19.8 Å². The van der Waals surface area contributed by atoms with Gasteiger partial charge in [0.15, 0.2) is 6.10 Å². The van der Waals surface area contributed by atoms with Crippen LogP contribution >= 0.6 is 0 Å². The lowest BCUT2D eigenvalue weighted by molar-refractivity contribution is -0.170. The van der Waals surface area contributed by atoms with Crippen LogP contribution in [0.2, 0.25) is 0 Å². The maximum absolute atomic E-state index is 13.5. The molecule has 2 amide bonds. The minimum atomic E-state index is -0.371. The number of aryl methyl sites for hydroxylation is 2. The summed E-state index contributed by atoms with van der Waals surface area (Å²) in [4.78, 5) is 38.0. The molecule has 186 valence electrons. The number of oxime groups is 1. The van der Waals surface area contributed by atoms with E-state index in [9.17, 15) is 14.0 Å². The maximum atomic E-state index is 13.5. The predicted molar refractivity (Wildman–Crippen MR) is 123 cm³/mol. The van der Waals surface area contributed by atoms with Crippen LogP contribution in [0, 0.1) is 19.7 Å². The molecular formula is C24H28FN5O5. The number of nitrogens with zero attached hydrogens (tertiary/aromatic N) is 3. The molecule has 1 aromatic heterocycles. The summed E-state index contributed by atoms with van der Waals surface area (Å²) in [6.07, 6.45) is -0.423. The molecule has 0 unspecified atom stereocenters. The minimum absolute atomic E-state index is 0.119. The van der Waals surface area contributed by atoms with E-state index in [0.717, 1.165) is 5.56 Å². The minimum Gasteiger partial charge on any atom is -0.389 e. The van der Waals surface area contributed by atoms with E-state index in [1.165, 1.54) is 13.0 Å². The van der Waals surface area contributed by atoms with Gasteiger partial charge in [-0.3, -0.25) is 9.59 Å². The van der Waals surface area contributed by atoms with Crippen molar-refractivity contribution in [1.29, 1.82) is 0 Å². The molecule has 1 fully saturated rings. The lowest BCUT2D eigenvalue weighted by atomic mass is 10.0. The van der Waals surface area contributed by atoms with Crippen molar-refractivity contribution in [3.05, 3.63) is 58.4 Å². The van der Waals surface area contributed by atoms with Gasteiger partial charge in [0.1, 0.15) is 29.2 Å². The topological polar surface area (TPSA) is 124 Å². The van der Waals surface area contributed by atoms with Crippen LogP contribution in [0.25, 0.3) is 0 Å². The second-order valence-corrected chi connectivity index (χ2v) is 8.60. The Bertz CT molecular complexity index is 1130. The van der Waals surface area contributed by atoms with Crippen molar-refractivity contribution in [2.24, 2.45) is 5.16 Å². The number of aromatic nitrogens is 2. The Labute approximate surface area is 202 Å². The summed E-state index contributed by atoms with van der Waals surface area (Å²) >= 11 is 0. The third-order valence-corrected chi connectivity index (χ3v) is 5.72. The van der Waals surface area contributed by atoms with E-state index >= 15 is 0 Å². The van der Waals surface area contributed by atoms with E-state index in [4.69, 9.17) is 14.3 Å². The highest BCUT2D eigenvalue weighted by atomic mass is 19.1. The van der Waals surface area contributed by atoms with Gasteiger partial charge >= 0.3 is 0 Å². The number of hydrogen-bond acceptors (Lipinski definition) is 8. The third kappa shape index (κ3) is 6.37. The van der Waals surface area contributed by atoms with Crippen LogP contribution in [0.4, 0.5) is 4.39 Å². The Kier molecular flexibility index (Phi) is 7.67. The zero-order valence-corrected chi connectivity index (χ0v) is 19.8. The van der Waals surface area contributed by atoms with Crippen molar-refractivity contribution in [1.82, 2.24) is 20.6 Å². The molecule has 0 saturated carbocycles. The average Bonchev–Trinajstić information content (AvgIpc) is 3.33. The van der Waals surface area contributed by atoms with Gasteiger partial charge in [0.05, 0.1) is 25.0 Å². The zero-order chi connectivity index (χ0) is 24.9. The summed E-state index contributed by atoms with van der Waals surface area (Å²) < 4.78 is 25.1. The van der Waals surface area contributed by atoms with Crippen LogP contribution in [-0.2, 0) is 25.7 Å². The molecule has 10 nitrogen and oxygen atoms in total. The van der Waals surface area contributed by atoms with E-state index in [1.807, 2.05) is 0 Å². The number of carbonyl (C=O) groups is 2. The highest BCUT2D eigenvalue weighted by Crippen LogP contribution is 2.23. The van der Waals surface area contributed by atoms with Gasteiger partial charge in [-0.05, 0) is 37.1 Å². The van der Waals surface area contributed by atoms with Crippen LogP contribution in [0.5, 0.6) is 0 Å². The van der Waals surface area contributed by atoms with Crippen LogP contribution in [-0.4, -0.2) is 65.6 Å². The predicted octanol–water partition coefficient (Wildman–Crippen LogP) is 1.58. The third-order valence-electron chi connectivity index (χ3n) is 5.72. The smallest absolute Gasteiger partial charge is 0.270 e. The Morgan fingerprint density at radius 1 is 1.09 bits per heavy atom. The molecule has 2 aromatic rings. The van der Waals surface area contributed by atoms with E-state index < -0.39 is 0 Å². The van der Waals surface area contributed by atoms with Crippen LogP contribution in [0.3, 0.4) is 0 Å². The summed E-state index contributed by atoms with van der Waals surface area (Å²) in [7, 11) is 0. The van der Waals surface area contributed by atoms with Crippen molar-refractivity contribution >= 4 is 17.5 Å². The van der Waals surface area contributed by atoms with Crippen molar-refractivity contribution in [3.8, 4) is 0 Å². The molecule has 0 spiro atoms. The van der Waals surface area contributed by atoms with Crippen molar-refractivity contribution in [2.45, 2.75) is 52.0 Å². The Morgan fingerprint density at radius 2 is 1.91 bits per heavy atom. The fourth-order valence-corrected chi connectivity index (χ4v) is 3.82. The number of halogens is 1. The largest absolute Gasteiger partial charge is 0.389 e. The summed E-state index contributed by atoms with van der Waals surface area (Å²) in [6.45, 7) is 6.11. The normalized spacial score (nSPS) is 21.7. The Balaban J connectivity index is 1.33. The van der Waals surface area contributed by atoms with E-state index in [0.29, 0.717) is 49.0 Å². The lowest BCUT2D eigenvalue weighted by Gasteiger charge is -2.31. The fourth-order valence-electron chi connectivity index (χ4n) is 3.82. The van der Waals surface area contributed by atoms with Gasteiger partial charge in [-0.1, -0.05) is 17.3 Å². The molecular weight excluding hydrogens is 457 g/mol. The molecule has 4 rings (SSSR count). The molecule has 11 heteroatoms. The maximum Gasteiger partial charge on any atom is 0.270 e.